The van der Waals surface area contributed by atoms with Crippen molar-refractivity contribution in [3.63, 3.8) is 0 Å². The highest BCUT2D eigenvalue weighted by Crippen LogP contribution is 2.60. The van der Waals surface area contributed by atoms with E-state index in [4.69, 9.17) is 0 Å². The lowest BCUT2D eigenvalue weighted by molar-refractivity contribution is 0.896. The first kappa shape index (κ1) is 64.8. The van der Waals surface area contributed by atoms with E-state index in [2.05, 4.69) is 347 Å². The summed E-state index contributed by atoms with van der Waals surface area (Å²) in [6.45, 7) is 0. The van der Waals surface area contributed by atoms with Crippen LogP contribution in [-0.2, 0) is 111 Å². The minimum Gasteiger partial charge on any atom is -0.0695 e. The quantitative estimate of drug-likeness (QED) is 0.0474. The standard InChI is InChI=1S/C96H84Br2/c97-95(91-65-81(49-45-77-37-29-73(30-38-77)25-21-69-13-5-1-6-14-69)53-61-87(91)88-62-54-82(66-92(88)95)50-46-78-39-31-74(32-40-78)26-22-70-15-7-2-8-16-70)85-57-59-86(60-58-85)96(98)93-67-83(51-47-79-41-33-75(34-42-79)27-23-71-17-9-3-10-18-71)55-63-89(93)90-64-56-84(68-94(90)96)52-48-80-43-35-76(36-44-80)28-24-72-19-11-4-12-20-72/h1-20,29-44,53-68H,21-28,45-52H2. The summed E-state index contributed by atoms with van der Waals surface area (Å²) < 4.78 is -1.15. The van der Waals surface area contributed by atoms with Crippen LogP contribution in [0.2, 0.25) is 0 Å². The van der Waals surface area contributed by atoms with Crippen molar-refractivity contribution in [3.8, 4) is 22.3 Å². The summed E-state index contributed by atoms with van der Waals surface area (Å²) in [5.74, 6) is 0. The van der Waals surface area contributed by atoms with Gasteiger partial charge in [0.2, 0.25) is 0 Å². The number of fused-ring (bicyclic) bond motifs is 6. The first-order valence-electron chi connectivity index (χ1n) is 35.7. The largest absolute Gasteiger partial charge is 0.102 e. The second-order valence-electron chi connectivity index (χ2n) is 27.6. The zero-order valence-electron chi connectivity index (χ0n) is 56.1. The van der Waals surface area contributed by atoms with Crippen LogP contribution in [-0.4, -0.2) is 0 Å². The molecule has 0 unspecified atom stereocenters. The monoisotopic (exact) mass is 1390 g/mol. The Bertz CT molecular complexity index is 4210. The van der Waals surface area contributed by atoms with Crippen molar-refractivity contribution >= 4 is 31.9 Å². The van der Waals surface area contributed by atoms with Gasteiger partial charge in [-0.1, -0.05) is 347 Å². The summed E-state index contributed by atoms with van der Waals surface area (Å²) in [5, 5.41) is 0. The minimum atomic E-state index is -0.575. The third kappa shape index (κ3) is 14.7. The summed E-state index contributed by atoms with van der Waals surface area (Å²) in [7, 11) is 0. The van der Waals surface area contributed by atoms with Crippen molar-refractivity contribution in [2.45, 2.75) is 111 Å². The maximum atomic E-state index is 4.69. The molecule has 15 rings (SSSR count). The van der Waals surface area contributed by atoms with Crippen LogP contribution < -0.4 is 0 Å². The molecular formula is C96H84Br2. The first-order valence-corrected chi connectivity index (χ1v) is 37.3. The molecule has 98 heavy (non-hydrogen) atoms. The van der Waals surface area contributed by atoms with E-state index in [0.29, 0.717) is 0 Å². The number of hydrogen-bond donors (Lipinski definition) is 0. The molecule has 482 valence electrons. The van der Waals surface area contributed by atoms with Crippen LogP contribution in [0.15, 0.2) is 315 Å². The first-order chi connectivity index (χ1) is 48.2. The fourth-order valence-corrected chi connectivity index (χ4v) is 17.1. The summed E-state index contributed by atoms with van der Waals surface area (Å²) in [4.78, 5) is 0. The zero-order chi connectivity index (χ0) is 66.1. The maximum Gasteiger partial charge on any atom is 0.102 e. The van der Waals surface area contributed by atoms with Gasteiger partial charge in [0.05, 0.1) is 0 Å². The predicted octanol–water partition coefficient (Wildman–Crippen LogP) is 23.3. The molecule has 0 amide bonds. The molecule has 0 saturated heterocycles. The third-order valence-electron chi connectivity index (χ3n) is 21.2. The number of aryl methyl sites for hydroxylation is 16. The lowest BCUT2D eigenvalue weighted by Crippen LogP contribution is -2.22. The Labute approximate surface area is 598 Å². The van der Waals surface area contributed by atoms with Gasteiger partial charge in [-0.15, -0.1) is 0 Å². The number of halogens is 2. The average molecular weight is 1400 g/mol. The van der Waals surface area contributed by atoms with Crippen LogP contribution in [0.25, 0.3) is 22.3 Å². The highest BCUT2D eigenvalue weighted by molar-refractivity contribution is 9.10. The molecule has 0 radical (unpaired) electrons. The van der Waals surface area contributed by atoms with Crippen LogP contribution in [0.4, 0.5) is 0 Å². The Hall–Kier alpha value is -9.18. The van der Waals surface area contributed by atoms with E-state index < -0.39 is 8.65 Å². The van der Waals surface area contributed by atoms with Crippen LogP contribution in [0.1, 0.15) is 122 Å². The Kier molecular flexibility index (Phi) is 19.8. The van der Waals surface area contributed by atoms with E-state index in [1.165, 1.54) is 145 Å². The van der Waals surface area contributed by atoms with Crippen LogP contribution >= 0.6 is 31.9 Å². The van der Waals surface area contributed by atoms with Crippen LogP contribution in [0, 0.1) is 0 Å². The zero-order valence-corrected chi connectivity index (χ0v) is 59.3. The molecule has 0 aromatic heterocycles. The van der Waals surface area contributed by atoms with Crippen molar-refractivity contribution in [2.24, 2.45) is 0 Å². The number of benzene rings is 13. The molecule has 0 saturated carbocycles. The average Bonchev–Trinajstić information content (AvgIpc) is 1.55. The van der Waals surface area contributed by atoms with E-state index in [-0.39, 0.29) is 0 Å². The van der Waals surface area contributed by atoms with Gasteiger partial charge in [0, 0.05) is 0 Å². The predicted molar refractivity (Wildman–Crippen MR) is 419 cm³/mol. The van der Waals surface area contributed by atoms with Gasteiger partial charge in [-0.05, 0) is 247 Å². The molecule has 0 heterocycles. The second kappa shape index (κ2) is 29.9. The second-order valence-corrected chi connectivity index (χ2v) is 30.0. The van der Waals surface area contributed by atoms with Crippen molar-refractivity contribution in [1.82, 2.24) is 0 Å². The summed E-state index contributed by atoms with van der Waals surface area (Å²) in [6, 6.07) is 120. The van der Waals surface area contributed by atoms with Crippen LogP contribution in [0.3, 0.4) is 0 Å². The van der Waals surface area contributed by atoms with Crippen molar-refractivity contribution in [3.05, 3.63) is 438 Å². The molecule has 2 aliphatic carbocycles. The van der Waals surface area contributed by atoms with Crippen LogP contribution in [0.5, 0.6) is 0 Å². The van der Waals surface area contributed by atoms with Gasteiger partial charge in [-0.3, -0.25) is 0 Å². The summed E-state index contributed by atoms with van der Waals surface area (Å²) in [6.07, 6.45) is 16.2. The molecule has 0 N–H and O–H groups in total. The smallest absolute Gasteiger partial charge is 0.0695 e. The van der Waals surface area contributed by atoms with Gasteiger partial charge < -0.3 is 0 Å². The molecule has 2 aliphatic rings. The third-order valence-corrected chi connectivity index (χ3v) is 23.8. The van der Waals surface area contributed by atoms with E-state index >= 15 is 0 Å². The fraction of sp³-hybridized carbons (Fsp3) is 0.188. The number of alkyl halides is 2. The van der Waals surface area contributed by atoms with E-state index in [1.807, 2.05) is 0 Å². The molecule has 0 spiro atoms. The Morgan fingerprint density at radius 3 is 0.469 bits per heavy atom. The van der Waals surface area contributed by atoms with Crippen molar-refractivity contribution in [2.75, 3.05) is 0 Å². The number of hydrogen-bond acceptors (Lipinski definition) is 0. The van der Waals surface area contributed by atoms with Gasteiger partial charge in [-0.25, -0.2) is 0 Å². The van der Waals surface area contributed by atoms with Gasteiger partial charge >= 0.3 is 0 Å². The maximum absolute atomic E-state index is 4.69. The Morgan fingerprint density at radius 2 is 0.296 bits per heavy atom. The van der Waals surface area contributed by atoms with Gasteiger partial charge in [0.25, 0.3) is 0 Å². The molecule has 2 heteroatoms. The molecule has 0 aliphatic heterocycles. The van der Waals surface area contributed by atoms with E-state index in [9.17, 15) is 0 Å². The summed E-state index contributed by atoms with van der Waals surface area (Å²) >= 11 is 9.37. The molecule has 0 nitrogen and oxygen atoms in total. The Morgan fingerprint density at radius 1 is 0.153 bits per heavy atom. The summed E-state index contributed by atoms with van der Waals surface area (Å²) in [5.41, 5.74) is 35.0. The lowest BCUT2D eigenvalue weighted by atomic mass is 9.83. The molecule has 13 aromatic carbocycles. The molecule has 0 bridgehead atoms. The topological polar surface area (TPSA) is 0 Å². The molecular weight excluding hydrogens is 1310 g/mol. The minimum absolute atomic E-state index is 0.575. The highest BCUT2D eigenvalue weighted by Gasteiger charge is 2.46. The van der Waals surface area contributed by atoms with Gasteiger partial charge in [0.15, 0.2) is 0 Å². The molecule has 0 atom stereocenters. The van der Waals surface area contributed by atoms with Crippen molar-refractivity contribution in [1.29, 1.82) is 0 Å². The fourth-order valence-electron chi connectivity index (χ4n) is 15.3. The molecule has 0 fully saturated rings. The van der Waals surface area contributed by atoms with E-state index in [1.54, 1.807) is 0 Å². The van der Waals surface area contributed by atoms with Gasteiger partial charge in [0.1, 0.15) is 8.65 Å². The highest BCUT2D eigenvalue weighted by atomic mass is 79.9. The Balaban J connectivity index is 0.725. The molecule has 13 aromatic rings. The number of rotatable bonds is 26. The lowest BCUT2D eigenvalue weighted by Gasteiger charge is -2.30. The van der Waals surface area contributed by atoms with E-state index in [0.717, 1.165) is 103 Å². The van der Waals surface area contributed by atoms with Gasteiger partial charge in [-0.2, -0.15) is 0 Å². The van der Waals surface area contributed by atoms with Crippen molar-refractivity contribution < 1.29 is 0 Å². The SMILES string of the molecule is BrC1(c2ccc(C3(Br)c4cc(CCc5ccc(CCc6ccccc6)cc5)ccc4-c4ccc(CCc5ccc(CCc6ccccc6)cc5)cc43)cc2)c2cc(CCc3ccc(CCc4ccccc4)cc3)ccc2-c2ccc(CCc3ccc(CCc4ccccc4)cc3)cc21. The normalized spacial score (nSPS) is 13.0.